The topological polar surface area (TPSA) is 68.8 Å². The number of ether oxygens (including phenoxy) is 3. The van der Waals surface area contributed by atoms with E-state index in [1.165, 1.54) is 5.56 Å². The molecule has 6 nitrogen and oxygen atoms in total. The van der Waals surface area contributed by atoms with E-state index in [4.69, 9.17) is 14.2 Å². The Morgan fingerprint density at radius 2 is 1.93 bits per heavy atom. The van der Waals surface area contributed by atoms with Gasteiger partial charge in [0.25, 0.3) is 0 Å². The average Bonchev–Trinajstić information content (AvgIpc) is 3.31. The Kier molecular flexibility index (Phi) is 7.64. The minimum atomic E-state index is -0.673. The van der Waals surface area contributed by atoms with Crippen molar-refractivity contribution in [2.24, 2.45) is 0 Å². The summed E-state index contributed by atoms with van der Waals surface area (Å²) < 4.78 is 17.1. The summed E-state index contributed by atoms with van der Waals surface area (Å²) in [5.74, 6) is 1.47. The molecule has 0 bridgehead atoms. The van der Waals surface area contributed by atoms with Gasteiger partial charge in [0.15, 0.2) is 6.10 Å². The Balaban J connectivity index is 1.27. The number of benzene rings is 2. The van der Waals surface area contributed by atoms with Gasteiger partial charge in [-0.25, -0.2) is 4.79 Å². The fraction of sp³-hybridized carbons (Fsp3) is 0.435. The van der Waals surface area contributed by atoms with Crippen LogP contribution in [0.4, 0.5) is 0 Å². The van der Waals surface area contributed by atoms with Gasteiger partial charge in [0.1, 0.15) is 19.0 Å². The SMILES string of the molecule is O=C(OCc1ccccc1)[C@@H]1OCCN[C@@H]1COc1ccc(CC2CNCS2)cc1. The van der Waals surface area contributed by atoms with E-state index < -0.39 is 6.10 Å². The number of nitrogens with one attached hydrogen (secondary N) is 2. The van der Waals surface area contributed by atoms with Crippen LogP contribution in [-0.4, -0.2) is 55.5 Å². The second-order valence-electron chi connectivity index (χ2n) is 7.49. The van der Waals surface area contributed by atoms with Crippen LogP contribution < -0.4 is 15.4 Å². The van der Waals surface area contributed by atoms with E-state index in [1.54, 1.807) is 0 Å². The molecule has 30 heavy (non-hydrogen) atoms. The van der Waals surface area contributed by atoms with Gasteiger partial charge in [-0.15, -0.1) is 11.8 Å². The van der Waals surface area contributed by atoms with Crippen LogP contribution in [0, 0.1) is 0 Å². The first-order valence-electron chi connectivity index (χ1n) is 10.4. The van der Waals surface area contributed by atoms with Crippen LogP contribution in [0.3, 0.4) is 0 Å². The lowest BCUT2D eigenvalue weighted by molar-refractivity contribution is -0.164. The van der Waals surface area contributed by atoms with Gasteiger partial charge in [0.05, 0.1) is 12.6 Å². The zero-order chi connectivity index (χ0) is 20.6. The molecule has 0 amide bonds. The predicted molar refractivity (Wildman–Crippen MR) is 118 cm³/mol. The summed E-state index contributed by atoms with van der Waals surface area (Å²) >= 11 is 1.97. The largest absolute Gasteiger partial charge is 0.492 e. The maximum Gasteiger partial charge on any atom is 0.337 e. The lowest BCUT2D eigenvalue weighted by Crippen LogP contribution is -2.55. The Hall–Kier alpha value is -2.06. The molecule has 0 spiro atoms. The Morgan fingerprint density at radius 3 is 2.70 bits per heavy atom. The fourth-order valence-corrected chi connectivity index (χ4v) is 4.62. The van der Waals surface area contributed by atoms with Crippen molar-refractivity contribution in [1.29, 1.82) is 0 Å². The van der Waals surface area contributed by atoms with Crippen molar-refractivity contribution in [1.82, 2.24) is 10.6 Å². The van der Waals surface area contributed by atoms with Gasteiger partial charge in [-0.2, -0.15) is 0 Å². The molecule has 2 saturated heterocycles. The van der Waals surface area contributed by atoms with Crippen molar-refractivity contribution < 1.29 is 19.0 Å². The van der Waals surface area contributed by atoms with Crippen LogP contribution in [0.25, 0.3) is 0 Å². The third-order valence-corrected chi connectivity index (χ3v) is 6.41. The van der Waals surface area contributed by atoms with Crippen LogP contribution in [-0.2, 0) is 27.3 Å². The van der Waals surface area contributed by atoms with E-state index in [0.29, 0.717) is 25.0 Å². The Bertz CT molecular complexity index is 797. The summed E-state index contributed by atoms with van der Waals surface area (Å²) in [6.45, 7) is 2.81. The standard InChI is InChI=1S/C23H28N2O4S/c26-23(29-14-18-4-2-1-3-5-18)22-21(25-10-11-27-22)15-28-19-8-6-17(7-9-19)12-20-13-24-16-30-20/h1-9,20-22,24-25H,10-16H2/t20?,21-,22-/m1/s1. The highest BCUT2D eigenvalue weighted by molar-refractivity contribution is 8.00. The summed E-state index contributed by atoms with van der Waals surface area (Å²) in [4.78, 5) is 12.6. The van der Waals surface area contributed by atoms with Crippen LogP contribution >= 0.6 is 11.8 Å². The van der Waals surface area contributed by atoms with Crippen LogP contribution in [0.2, 0.25) is 0 Å². The molecule has 2 aromatic carbocycles. The number of morpholine rings is 1. The smallest absolute Gasteiger partial charge is 0.337 e. The molecule has 0 aliphatic carbocycles. The van der Waals surface area contributed by atoms with Gasteiger partial charge in [0, 0.05) is 24.2 Å². The number of rotatable bonds is 8. The van der Waals surface area contributed by atoms with Gasteiger partial charge >= 0.3 is 5.97 Å². The van der Waals surface area contributed by atoms with Crippen molar-refractivity contribution in [3.05, 3.63) is 65.7 Å². The van der Waals surface area contributed by atoms with Gasteiger partial charge in [0.2, 0.25) is 0 Å². The summed E-state index contributed by atoms with van der Waals surface area (Å²) in [7, 11) is 0. The summed E-state index contributed by atoms with van der Waals surface area (Å²) in [6, 6.07) is 17.6. The van der Waals surface area contributed by atoms with E-state index in [2.05, 4.69) is 22.8 Å². The quantitative estimate of drug-likeness (QED) is 0.626. The van der Waals surface area contributed by atoms with E-state index >= 15 is 0 Å². The molecule has 2 heterocycles. The van der Waals surface area contributed by atoms with Crippen LogP contribution in [0.1, 0.15) is 11.1 Å². The molecule has 4 rings (SSSR count). The first kappa shape index (κ1) is 21.2. The molecule has 7 heteroatoms. The molecule has 1 unspecified atom stereocenters. The zero-order valence-corrected chi connectivity index (χ0v) is 17.7. The second kappa shape index (κ2) is 10.8. The van der Waals surface area contributed by atoms with Gasteiger partial charge in [-0.1, -0.05) is 42.5 Å². The molecular formula is C23H28N2O4S. The number of hydrogen-bond acceptors (Lipinski definition) is 7. The number of carbonyl (C=O) groups is 1. The molecule has 3 atom stereocenters. The third kappa shape index (κ3) is 5.98. The Labute approximate surface area is 181 Å². The van der Waals surface area contributed by atoms with Gasteiger partial charge in [-0.05, 0) is 29.7 Å². The molecular weight excluding hydrogens is 400 g/mol. The van der Waals surface area contributed by atoms with E-state index in [1.807, 2.05) is 54.2 Å². The molecule has 0 aromatic heterocycles. The maximum absolute atomic E-state index is 12.6. The van der Waals surface area contributed by atoms with Crippen LogP contribution in [0.15, 0.2) is 54.6 Å². The molecule has 160 valence electrons. The van der Waals surface area contributed by atoms with Crippen molar-refractivity contribution in [2.75, 3.05) is 32.2 Å². The predicted octanol–water partition coefficient (Wildman–Crippen LogP) is 2.37. The monoisotopic (exact) mass is 428 g/mol. The lowest BCUT2D eigenvalue weighted by Gasteiger charge is -2.31. The molecule has 2 aliphatic heterocycles. The fourth-order valence-electron chi connectivity index (χ4n) is 3.60. The Morgan fingerprint density at radius 1 is 1.10 bits per heavy atom. The minimum absolute atomic E-state index is 0.239. The van der Waals surface area contributed by atoms with Crippen molar-refractivity contribution in [3.8, 4) is 5.75 Å². The highest BCUT2D eigenvalue weighted by Crippen LogP contribution is 2.21. The molecule has 0 radical (unpaired) electrons. The number of hydrogen-bond donors (Lipinski definition) is 2. The van der Waals surface area contributed by atoms with Gasteiger partial charge in [-0.3, -0.25) is 0 Å². The van der Waals surface area contributed by atoms with Crippen molar-refractivity contribution in [2.45, 2.75) is 30.4 Å². The van der Waals surface area contributed by atoms with E-state index in [9.17, 15) is 4.79 Å². The highest BCUT2D eigenvalue weighted by Gasteiger charge is 2.33. The molecule has 2 N–H and O–H groups in total. The van der Waals surface area contributed by atoms with Crippen molar-refractivity contribution in [3.63, 3.8) is 0 Å². The lowest BCUT2D eigenvalue weighted by atomic mass is 10.1. The first-order chi connectivity index (χ1) is 14.8. The van der Waals surface area contributed by atoms with Crippen LogP contribution in [0.5, 0.6) is 5.75 Å². The van der Waals surface area contributed by atoms with E-state index in [0.717, 1.165) is 30.2 Å². The second-order valence-corrected chi connectivity index (χ2v) is 8.78. The number of carbonyl (C=O) groups excluding carboxylic acids is 1. The number of thioether (sulfide) groups is 1. The normalized spacial score (nSPS) is 23.8. The van der Waals surface area contributed by atoms with E-state index in [-0.39, 0.29) is 18.6 Å². The molecule has 2 fully saturated rings. The highest BCUT2D eigenvalue weighted by atomic mass is 32.2. The molecule has 2 aromatic rings. The van der Waals surface area contributed by atoms with Gasteiger partial charge < -0.3 is 24.8 Å². The summed E-state index contributed by atoms with van der Waals surface area (Å²) in [5, 5.41) is 7.33. The maximum atomic E-state index is 12.6. The first-order valence-corrected chi connectivity index (χ1v) is 11.4. The average molecular weight is 429 g/mol. The van der Waals surface area contributed by atoms with Crippen molar-refractivity contribution >= 4 is 17.7 Å². The number of esters is 1. The summed E-state index contributed by atoms with van der Waals surface area (Å²) in [6.07, 6.45) is 0.388. The zero-order valence-electron chi connectivity index (χ0n) is 16.9. The third-order valence-electron chi connectivity index (χ3n) is 5.24. The molecule has 2 aliphatic rings. The summed E-state index contributed by atoms with van der Waals surface area (Å²) in [5.41, 5.74) is 2.26. The minimum Gasteiger partial charge on any atom is -0.492 e. The molecule has 0 saturated carbocycles.